The van der Waals surface area contributed by atoms with Gasteiger partial charge in [-0.15, -0.1) is 12.4 Å². The lowest BCUT2D eigenvalue weighted by atomic mass is 9.98. The summed E-state index contributed by atoms with van der Waals surface area (Å²) in [5.41, 5.74) is 7.65. The van der Waals surface area contributed by atoms with Crippen LogP contribution in [0.1, 0.15) is 36.2 Å². The van der Waals surface area contributed by atoms with Gasteiger partial charge in [0.15, 0.2) is 0 Å². The van der Waals surface area contributed by atoms with Crippen LogP contribution < -0.4 is 10.5 Å². The molecule has 1 saturated heterocycles. The van der Waals surface area contributed by atoms with Crippen molar-refractivity contribution in [2.45, 2.75) is 33.2 Å². The molecule has 0 aliphatic carbocycles. The molecule has 7 heteroatoms. The summed E-state index contributed by atoms with van der Waals surface area (Å²) in [6.45, 7) is 8.06. The second kappa shape index (κ2) is 9.78. The van der Waals surface area contributed by atoms with Crippen LogP contribution in [0, 0.1) is 12.8 Å². The van der Waals surface area contributed by atoms with E-state index in [0.29, 0.717) is 37.5 Å². The average Bonchev–Trinajstić information content (AvgIpc) is 2.66. The number of ether oxygens (including phenoxy) is 1. The standard InChI is InChI=1S/C19H29N3O3.ClH/c1-5-13(2)17(20)19(24)22-10-8-21(9-11-22)18(23)15-7-6-14(3)16(12-15)25-4;/h6-7,12-13,17H,5,8-11,20H2,1-4H3;1H. The summed E-state index contributed by atoms with van der Waals surface area (Å²) in [5, 5.41) is 0. The number of nitrogens with zero attached hydrogens (tertiary/aromatic N) is 2. The van der Waals surface area contributed by atoms with Crippen LogP contribution in [-0.2, 0) is 4.79 Å². The van der Waals surface area contributed by atoms with E-state index in [1.807, 2.05) is 32.9 Å². The van der Waals surface area contributed by atoms with Gasteiger partial charge in [-0.25, -0.2) is 0 Å². The first-order valence-electron chi connectivity index (χ1n) is 8.87. The number of carbonyl (C=O) groups is 2. The van der Waals surface area contributed by atoms with Gasteiger partial charge in [-0.3, -0.25) is 9.59 Å². The van der Waals surface area contributed by atoms with Gasteiger partial charge >= 0.3 is 0 Å². The summed E-state index contributed by atoms with van der Waals surface area (Å²) in [4.78, 5) is 28.7. The minimum atomic E-state index is -0.464. The number of amides is 2. The maximum Gasteiger partial charge on any atom is 0.254 e. The van der Waals surface area contributed by atoms with E-state index in [-0.39, 0.29) is 30.1 Å². The Morgan fingerprint density at radius 1 is 1.19 bits per heavy atom. The van der Waals surface area contributed by atoms with Gasteiger partial charge in [-0.2, -0.15) is 0 Å². The highest BCUT2D eigenvalue weighted by Crippen LogP contribution is 2.20. The zero-order valence-corrected chi connectivity index (χ0v) is 16.8. The molecule has 6 nitrogen and oxygen atoms in total. The van der Waals surface area contributed by atoms with Crippen LogP contribution in [0.2, 0.25) is 0 Å². The van der Waals surface area contributed by atoms with Crippen molar-refractivity contribution in [2.24, 2.45) is 11.7 Å². The van der Waals surface area contributed by atoms with Gasteiger partial charge in [-0.05, 0) is 30.5 Å². The number of rotatable bonds is 5. The molecule has 1 aromatic rings. The first-order chi connectivity index (χ1) is 11.9. The molecule has 1 heterocycles. The molecule has 0 radical (unpaired) electrons. The predicted octanol–water partition coefficient (Wildman–Crippen LogP) is 2.08. The third-order valence-electron chi connectivity index (χ3n) is 5.08. The molecule has 0 saturated carbocycles. The highest BCUT2D eigenvalue weighted by atomic mass is 35.5. The monoisotopic (exact) mass is 383 g/mol. The number of benzene rings is 1. The van der Waals surface area contributed by atoms with Crippen molar-refractivity contribution in [3.05, 3.63) is 29.3 Å². The lowest BCUT2D eigenvalue weighted by Crippen LogP contribution is -2.55. The molecule has 2 amide bonds. The number of nitrogens with two attached hydrogens (primary N) is 1. The van der Waals surface area contributed by atoms with Crippen molar-refractivity contribution in [3.63, 3.8) is 0 Å². The number of hydrogen-bond donors (Lipinski definition) is 1. The van der Waals surface area contributed by atoms with Crippen LogP contribution in [0.4, 0.5) is 0 Å². The first-order valence-corrected chi connectivity index (χ1v) is 8.87. The number of piperazine rings is 1. The van der Waals surface area contributed by atoms with E-state index >= 15 is 0 Å². The van der Waals surface area contributed by atoms with E-state index in [2.05, 4.69) is 0 Å². The normalized spacial score (nSPS) is 16.5. The minimum absolute atomic E-state index is 0. The molecule has 0 aromatic heterocycles. The van der Waals surface area contributed by atoms with E-state index in [1.54, 1.807) is 23.0 Å². The Kier molecular flexibility index (Phi) is 8.37. The lowest BCUT2D eigenvalue weighted by molar-refractivity contribution is -0.135. The van der Waals surface area contributed by atoms with E-state index in [0.717, 1.165) is 12.0 Å². The van der Waals surface area contributed by atoms with Crippen LogP contribution in [-0.4, -0.2) is 60.9 Å². The van der Waals surface area contributed by atoms with E-state index in [4.69, 9.17) is 10.5 Å². The van der Waals surface area contributed by atoms with E-state index in [1.165, 1.54) is 0 Å². The van der Waals surface area contributed by atoms with Gasteiger partial charge < -0.3 is 20.3 Å². The second-order valence-corrected chi connectivity index (χ2v) is 6.71. The molecule has 26 heavy (non-hydrogen) atoms. The molecule has 2 atom stereocenters. The first kappa shape index (κ1) is 22.3. The summed E-state index contributed by atoms with van der Waals surface area (Å²) in [7, 11) is 1.60. The molecular weight excluding hydrogens is 354 g/mol. The number of aryl methyl sites for hydroxylation is 1. The quantitative estimate of drug-likeness (QED) is 0.844. The summed E-state index contributed by atoms with van der Waals surface area (Å²) >= 11 is 0. The van der Waals surface area contributed by atoms with Crippen LogP contribution in [0.25, 0.3) is 0 Å². The zero-order chi connectivity index (χ0) is 18.6. The fourth-order valence-corrected chi connectivity index (χ4v) is 2.97. The molecule has 2 unspecified atom stereocenters. The Hall–Kier alpha value is -1.79. The average molecular weight is 384 g/mol. The maximum atomic E-state index is 12.7. The summed E-state index contributed by atoms with van der Waals surface area (Å²) in [6.07, 6.45) is 0.876. The SMILES string of the molecule is CCC(C)C(N)C(=O)N1CCN(C(=O)c2ccc(C)c(OC)c2)CC1.Cl. The molecule has 2 N–H and O–H groups in total. The van der Waals surface area contributed by atoms with Crippen molar-refractivity contribution in [2.75, 3.05) is 33.3 Å². The lowest BCUT2D eigenvalue weighted by Gasteiger charge is -2.36. The van der Waals surface area contributed by atoms with Crippen molar-refractivity contribution in [1.29, 1.82) is 0 Å². The van der Waals surface area contributed by atoms with Gasteiger partial charge in [0.2, 0.25) is 5.91 Å². The fourth-order valence-electron chi connectivity index (χ4n) is 2.97. The van der Waals surface area contributed by atoms with Crippen LogP contribution in [0.5, 0.6) is 5.75 Å². The Balaban J connectivity index is 0.00000338. The summed E-state index contributed by atoms with van der Waals surface area (Å²) < 4.78 is 5.29. The van der Waals surface area contributed by atoms with Crippen molar-refractivity contribution >= 4 is 24.2 Å². The Labute approximate surface area is 162 Å². The van der Waals surface area contributed by atoms with Crippen LogP contribution in [0.15, 0.2) is 18.2 Å². The maximum absolute atomic E-state index is 12.7. The molecule has 1 fully saturated rings. The predicted molar refractivity (Wildman–Crippen MR) is 105 cm³/mol. The zero-order valence-electron chi connectivity index (χ0n) is 16.0. The third-order valence-corrected chi connectivity index (χ3v) is 5.08. The minimum Gasteiger partial charge on any atom is -0.496 e. The third kappa shape index (κ3) is 4.89. The van der Waals surface area contributed by atoms with Crippen molar-refractivity contribution in [1.82, 2.24) is 9.80 Å². The summed E-state index contributed by atoms with van der Waals surface area (Å²) in [5.74, 6) is 0.821. The van der Waals surface area contributed by atoms with E-state index < -0.39 is 6.04 Å². The molecule has 1 aliphatic rings. The Morgan fingerprint density at radius 3 is 2.31 bits per heavy atom. The van der Waals surface area contributed by atoms with Crippen LogP contribution >= 0.6 is 12.4 Å². The van der Waals surface area contributed by atoms with Gasteiger partial charge in [0, 0.05) is 31.7 Å². The molecule has 146 valence electrons. The molecule has 0 bridgehead atoms. The Morgan fingerprint density at radius 2 is 1.77 bits per heavy atom. The van der Waals surface area contributed by atoms with Gasteiger partial charge in [0.05, 0.1) is 13.2 Å². The molecule has 1 aliphatic heterocycles. The highest BCUT2D eigenvalue weighted by Gasteiger charge is 2.29. The Bertz CT molecular complexity index is 630. The number of hydrogen-bond acceptors (Lipinski definition) is 4. The molecule has 2 rings (SSSR count). The fraction of sp³-hybridized carbons (Fsp3) is 0.579. The topological polar surface area (TPSA) is 75.9 Å². The molecule has 0 spiro atoms. The van der Waals surface area contributed by atoms with Gasteiger partial charge in [0.1, 0.15) is 5.75 Å². The smallest absolute Gasteiger partial charge is 0.254 e. The number of carbonyl (C=O) groups excluding carboxylic acids is 2. The van der Waals surface area contributed by atoms with Crippen molar-refractivity contribution < 1.29 is 14.3 Å². The van der Waals surface area contributed by atoms with Crippen molar-refractivity contribution in [3.8, 4) is 5.75 Å². The van der Waals surface area contributed by atoms with Gasteiger partial charge in [0.25, 0.3) is 5.91 Å². The van der Waals surface area contributed by atoms with E-state index in [9.17, 15) is 9.59 Å². The second-order valence-electron chi connectivity index (χ2n) is 6.71. The van der Waals surface area contributed by atoms with Crippen LogP contribution in [0.3, 0.4) is 0 Å². The number of halogens is 1. The molecular formula is C19H30ClN3O3. The van der Waals surface area contributed by atoms with Gasteiger partial charge in [-0.1, -0.05) is 26.3 Å². The number of methoxy groups -OCH3 is 1. The summed E-state index contributed by atoms with van der Waals surface area (Å²) in [6, 6.07) is 5.01. The highest BCUT2D eigenvalue weighted by molar-refractivity contribution is 5.95. The molecule has 1 aromatic carbocycles. The largest absolute Gasteiger partial charge is 0.496 e.